The molecular formula is C13H10N4S. The maximum absolute atomic E-state index is 8.88. The Kier molecular flexibility index (Phi) is 2.79. The molecule has 4 nitrogen and oxygen atoms in total. The minimum Gasteiger partial charge on any atom is -0.320 e. The lowest BCUT2D eigenvalue weighted by atomic mass is 10.3. The predicted octanol–water partition coefficient (Wildman–Crippen LogP) is 2.61. The summed E-state index contributed by atoms with van der Waals surface area (Å²) in [6, 6.07) is 10.1. The van der Waals surface area contributed by atoms with Gasteiger partial charge in [0.05, 0.1) is 30.1 Å². The number of imidazole rings is 1. The van der Waals surface area contributed by atoms with Crippen molar-refractivity contribution < 1.29 is 0 Å². The van der Waals surface area contributed by atoms with Crippen molar-refractivity contribution in [3.63, 3.8) is 0 Å². The molecule has 0 bridgehead atoms. The van der Waals surface area contributed by atoms with E-state index in [4.69, 9.17) is 5.26 Å². The summed E-state index contributed by atoms with van der Waals surface area (Å²) in [4.78, 5) is 8.79. The Morgan fingerprint density at radius 2 is 2.22 bits per heavy atom. The van der Waals surface area contributed by atoms with Crippen molar-refractivity contribution >= 4 is 22.4 Å². The number of nitrogens with zero attached hydrogens (tertiary/aromatic N) is 4. The first-order chi connectivity index (χ1) is 8.88. The molecule has 2 heterocycles. The number of rotatable bonds is 3. The average Bonchev–Trinajstić information content (AvgIpc) is 3.00. The van der Waals surface area contributed by atoms with E-state index in [0.29, 0.717) is 13.0 Å². The van der Waals surface area contributed by atoms with Crippen LogP contribution in [0.25, 0.3) is 11.0 Å². The van der Waals surface area contributed by atoms with Crippen LogP contribution in [0.2, 0.25) is 0 Å². The Bertz CT molecular complexity index is 706. The van der Waals surface area contributed by atoms with Gasteiger partial charge in [-0.1, -0.05) is 12.1 Å². The summed E-state index contributed by atoms with van der Waals surface area (Å²) in [5, 5.41) is 11.9. The smallest absolute Gasteiger partial charge is 0.124 e. The number of fused-ring (bicyclic) bond motifs is 1. The number of hydrogen-bond donors (Lipinski definition) is 0. The van der Waals surface area contributed by atoms with Gasteiger partial charge in [-0.05, 0) is 12.1 Å². The second-order valence-corrected chi connectivity index (χ2v) is 4.84. The second-order valence-electron chi connectivity index (χ2n) is 3.86. The molecule has 1 aromatic carbocycles. The molecule has 5 heteroatoms. The summed E-state index contributed by atoms with van der Waals surface area (Å²) in [6.07, 6.45) is 2.11. The van der Waals surface area contributed by atoms with Gasteiger partial charge in [0.2, 0.25) is 0 Å². The first-order valence-electron chi connectivity index (χ1n) is 5.58. The van der Waals surface area contributed by atoms with E-state index in [-0.39, 0.29) is 0 Å². The molecule has 0 aliphatic rings. The zero-order valence-corrected chi connectivity index (χ0v) is 10.4. The van der Waals surface area contributed by atoms with Gasteiger partial charge in [-0.25, -0.2) is 9.97 Å². The zero-order valence-electron chi connectivity index (χ0n) is 9.58. The van der Waals surface area contributed by atoms with Crippen LogP contribution in [0.1, 0.15) is 10.8 Å². The topological polar surface area (TPSA) is 54.5 Å². The van der Waals surface area contributed by atoms with Gasteiger partial charge < -0.3 is 4.57 Å². The lowest BCUT2D eigenvalue weighted by Gasteiger charge is -2.04. The van der Waals surface area contributed by atoms with Crippen LogP contribution in [-0.4, -0.2) is 14.5 Å². The molecule has 0 amide bonds. The van der Waals surface area contributed by atoms with E-state index in [1.54, 1.807) is 17.5 Å². The quantitative estimate of drug-likeness (QED) is 0.722. The van der Waals surface area contributed by atoms with Gasteiger partial charge in [-0.15, -0.1) is 11.3 Å². The normalized spacial score (nSPS) is 10.6. The highest BCUT2D eigenvalue weighted by molar-refractivity contribution is 7.09. The monoisotopic (exact) mass is 254 g/mol. The van der Waals surface area contributed by atoms with Crippen LogP contribution in [0.5, 0.6) is 0 Å². The molecule has 0 N–H and O–H groups in total. The van der Waals surface area contributed by atoms with Gasteiger partial charge in [0, 0.05) is 11.6 Å². The van der Waals surface area contributed by atoms with Crippen molar-refractivity contribution in [2.45, 2.75) is 13.0 Å². The molecule has 0 aliphatic carbocycles. The van der Waals surface area contributed by atoms with E-state index in [2.05, 4.69) is 20.6 Å². The van der Waals surface area contributed by atoms with Crippen LogP contribution in [-0.2, 0) is 13.0 Å². The lowest BCUT2D eigenvalue weighted by Crippen LogP contribution is -2.04. The van der Waals surface area contributed by atoms with Crippen LogP contribution < -0.4 is 0 Å². The Hall–Kier alpha value is -2.19. The molecule has 3 rings (SSSR count). The number of aromatic nitrogens is 3. The van der Waals surface area contributed by atoms with E-state index in [1.165, 1.54) is 0 Å². The first-order valence-corrected chi connectivity index (χ1v) is 6.46. The van der Waals surface area contributed by atoms with E-state index < -0.39 is 0 Å². The van der Waals surface area contributed by atoms with Crippen molar-refractivity contribution in [1.82, 2.24) is 14.5 Å². The molecule has 0 unspecified atom stereocenters. The average molecular weight is 254 g/mol. The summed E-state index contributed by atoms with van der Waals surface area (Å²) in [7, 11) is 0. The number of thiazole rings is 1. The minimum absolute atomic E-state index is 0.319. The van der Waals surface area contributed by atoms with Crippen LogP contribution in [0.15, 0.2) is 35.8 Å². The maximum Gasteiger partial charge on any atom is 0.124 e. The summed E-state index contributed by atoms with van der Waals surface area (Å²) < 4.78 is 2.07. The molecule has 18 heavy (non-hydrogen) atoms. The Balaban J connectivity index is 2.12. The minimum atomic E-state index is 0.319. The number of nitriles is 1. The lowest BCUT2D eigenvalue weighted by molar-refractivity contribution is 0.764. The fourth-order valence-corrected chi connectivity index (χ4v) is 2.58. The highest BCUT2D eigenvalue weighted by atomic mass is 32.1. The third kappa shape index (κ3) is 1.87. The van der Waals surface area contributed by atoms with E-state index in [1.807, 2.05) is 29.6 Å². The molecule has 3 aromatic rings. The summed E-state index contributed by atoms with van der Waals surface area (Å²) in [6.45, 7) is 0.676. The van der Waals surface area contributed by atoms with Gasteiger partial charge in [-0.2, -0.15) is 5.26 Å². The summed E-state index contributed by atoms with van der Waals surface area (Å²) in [5.41, 5.74) is 1.98. The van der Waals surface area contributed by atoms with Crippen molar-refractivity contribution in [2.24, 2.45) is 0 Å². The van der Waals surface area contributed by atoms with E-state index in [9.17, 15) is 0 Å². The fraction of sp³-hybridized carbons (Fsp3) is 0.154. The van der Waals surface area contributed by atoms with Gasteiger partial charge >= 0.3 is 0 Å². The summed E-state index contributed by atoms with van der Waals surface area (Å²) >= 11 is 1.61. The van der Waals surface area contributed by atoms with Crippen molar-refractivity contribution in [1.29, 1.82) is 5.26 Å². The number of hydrogen-bond acceptors (Lipinski definition) is 4. The third-order valence-electron chi connectivity index (χ3n) is 2.75. The number of benzene rings is 1. The SMILES string of the molecule is N#CCc1nc2ccccc2n1Cc1nccs1. The summed E-state index contributed by atoms with van der Waals surface area (Å²) in [5.74, 6) is 0.800. The molecular weight excluding hydrogens is 244 g/mol. The van der Waals surface area contributed by atoms with E-state index in [0.717, 1.165) is 21.9 Å². The standard InChI is InChI=1S/C13H10N4S/c14-6-5-12-16-10-3-1-2-4-11(10)17(12)9-13-15-7-8-18-13/h1-4,7-8H,5,9H2. The predicted molar refractivity (Wildman–Crippen MR) is 70.3 cm³/mol. The zero-order chi connectivity index (χ0) is 12.4. The highest BCUT2D eigenvalue weighted by Crippen LogP contribution is 2.18. The third-order valence-corrected chi connectivity index (χ3v) is 3.51. The molecule has 0 radical (unpaired) electrons. The van der Waals surface area contributed by atoms with E-state index >= 15 is 0 Å². The largest absolute Gasteiger partial charge is 0.320 e. The second kappa shape index (κ2) is 4.59. The first kappa shape index (κ1) is 10.9. The Labute approximate surface area is 108 Å². The van der Waals surface area contributed by atoms with Crippen LogP contribution >= 0.6 is 11.3 Å². The van der Waals surface area contributed by atoms with Gasteiger partial charge in [0.25, 0.3) is 0 Å². The molecule has 0 spiro atoms. The molecule has 0 aliphatic heterocycles. The molecule has 0 saturated carbocycles. The highest BCUT2D eigenvalue weighted by Gasteiger charge is 2.11. The molecule has 0 saturated heterocycles. The molecule has 0 atom stereocenters. The maximum atomic E-state index is 8.88. The van der Waals surface area contributed by atoms with Crippen LogP contribution in [0.4, 0.5) is 0 Å². The Morgan fingerprint density at radius 3 is 3.00 bits per heavy atom. The molecule has 0 fully saturated rings. The Morgan fingerprint density at radius 1 is 1.33 bits per heavy atom. The van der Waals surface area contributed by atoms with Gasteiger partial charge in [0.1, 0.15) is 10.8 Å². The number of para-hydroxylation sites is 2. The van der Waals surface area contributed by atoms with Gasteiger partial charge in [-0.3, -0.25) is 0 Å². The molecule has 2 aromatic heterocycles. The van der Waals surface area contributed by atoms with Crippen molar-refractivity contribution in [2.75, 3.05) is 0 Å². The fourth-order valence-electron chi connectivity index (χ4n) is 1.97. The van der Waals surface area contributed by atoms with Crippen molar-refractivity contribution in [3.05, 3.63) is 46.7 Å². The molecule has 88 valence electrons. The van der Waals surface area contributed by atoms with Gasteiger partial charge in [0.15, 0.2) is 0 Å². The van der Waals surface area contributed by atoms with Crippen LogP contribution in [0, 0.1) is 11.3 Å². The van der Waals surface area contributed by atoms with Crippen LogP contribution in [0.3, 0.4) is 0 Å². The van der Waals surface area contributed by atoms with Crippen molar-refractivity contribution in [3.8, 4) is 6.07 Å².